The van der Waals surface area contributed by atoms with E-state index in [0.717, 1.165) is 36.0 Å². The zero-order valence-corrected chi connectivity index (χ0v) is 22.5. The SMILES string of the molecule is COCCC(C(=O)N1CC2=C(CN=C2NC(=O)C2([Si](C)(C)C)CCC2)C1(C)C)c1ccccc1. The highest BCUT2D eigenvalue weighted by Gasteiger charge is 2.54. The zero-order chi connectivity index (χ0) is 24.7. The first kappa shape index (κ1) is 24.9. The first-order chi connectivity index (χ1) is 16.0. The fraction of sp³-hybridized carbons (Fsp3) is 0.593. The van der Waals surface area contributed by atoms with Crippen molar-refractivity contribution < 1.29 is 14.3 Å². The normalized spacial score (nSPS) is 21.6. The third-order valence-corrected chi connectivity index (χ3v) is 12.1. The standard InChI is InChI=1S/C27H39N3O3Si/c1-26(2)22-17-28-23(29-25(32)27(14-10-15-27)34(4,5)6)21(22)18-30(26)24(31)20(13-16-33-3)19-11-8-7-9-12-19/h7-9,11-12,20H,10,13-18H2,1-6H3,(H,28,29,32). The van der Waals surface area contributed by atoms with E-state index in [0.29, 0.717) is 32.0 Å². The smallest absolute Gasteiger partial charge is 0.231 e. The lowest BCUT2D eigenvalue weighted by atomic mass is 9.83. The number of aliphatic imine (C=N–C) groups is 1. The summed E-state index contributed by atoms with van der Waals surface area (Å²) in [5.41, 5.74) is 2.73. The summed E-state index contributed by atoms with van der Waals surface area (Å²) in [5.74, 6) is 0.655. The molecule has 0 spiro atoms. The maximum atomic E-state index is 13.9. The topological polar surface area (TPSA) is 71.0 Å². The number of benzene rings is 1. The van der Waals surface area contributed by atoms with Crippen LogP contribution in [0.5, 0.6) is 0 Å². The molecule has 2 amide bonds. The minimum Gasteiger partial charge on any atom is -0.385 e. The molecule has 3 aliphatic rings. The zero-order valence-electron chi connectivity index (χ0n) is 21.5. The van der Waals surface area contributed by atoms with Crippen LogP contribution in [0, 0.1) is 0 Å². The molecule has 1 aromatic carbocycles. The highest BCUT2D eigenvalue weighted by atomic mass is 28.3. The first-order valence-corrected chi connectivity index (χ1v) is 16.0. The lowest BCUT2D eigenvalue weighted by molar-refractivity contribution is -0.136. The van der Waals surface area contributed by atoms with Crippen molar-refractivity contribution in [1.29, 1.82) is 0 Å². The molecule has 4 rings (SSSR count). The van der Waals surface area contributed by atoms with Gasteiger partial charge in [-0.05, 0) is 44.2 Å². The fourth-order valence-corrected chi connectivity index (χ4v) is 8.43. The van der Waals surface area contributed by atoms with Gasteiger partial charge in [0.25, 0.3) is 0 Å². The number of amidine groups is 1. The van der Waals surface area contributed by atoms with E-state index in [1.807, 2.05) is 35.2 Å². The van der Waals surface area contributed by atoms with Gasteiger partial charge in [-0.1, -0.05) is 56.4 Å². The Balaban J connectivity index is 1.54. The molecular weight excluding hydrogens is 442 g/mol. The molecule has 1 aromatic rings. The van der Waals surface area contributed by atoms with E-state index in [1.54, 1.807) is 7.11 Å². The minimum absolute atomic E-state index is 0.103. The molecule has 6 nitrogen and oxygen atoms in total. The minimum atomic E-state index is -1.68. The van der Waals surface area contributed by atoms with Gasteiger partial charge in [0.05, 0.1) is 32.6 Å². The van der Waals surface area contributed by atoms with Gasteiger partial charge >= 0.3 is 0 Å². The largest absolute Gasteiger partial charge is 0.385 e. The number of nitrogens with zero attached hydrogens (tertiary/aromatic N) is 2. The molecule has 34 heavy (non-hydrogen) atoms. The van der Waals surface area contributed by atoms with E-state index in [4.69, 9.17) is 9.73 Å². The second kappa shape index (κ2) is 9.08. The molecule has 0 bridgehead atoms. The molecule has 0 aromatic heterocycles. The van der Waals surface area contributed by atoms with Crippen LogP contribution in [0.25, 0.3) is 0 Å². The molecular formula is C27H39N3O3Si. The molecule has 184 valence electrons. The molecule has 1 unspecified atom stereocenters. The van der Waals surface area contributed by atoms with Crippen molar-refractivity contribution in [3.05, 3.63) is 47.0 Å². The van der Waals surface area contributed by atoms with E-state index in [1.165, 1.54) is 0 Å². The monoisotopic (exact) mass is 481 g/mol. The molecule has 0 radical (unpaired) electrons. The number of ether oxygens (including phenoxy) is 1. The number of hydrogen-bond acceptors (Lipinski definition) is 4. The molecule has 1 aliphatic carbocycles. The number of methoxy groups -OCH3 is 1. The van der Waals surface area contributed by atoms with Crippen LogP contribution in [-0.4, -0.2) is 63.0 Å². The van der Waals surface area contributed by atoms with E-state index < -0.39 is 13.6 Å². The van der Waals surface area contributed by atoms with Gasteiger partial charge < -0.3 is 15.0 Å². The van der Waals surface area contributed by atoms with Crippen molar-refractivity contribution in [2.24, 2.45) is 4.99 Å². The van der Waals surface area contributed by atoms with Gasteiger partial charge in [0.2, 0.25) is 11.8 Å². The van der Waals surface area contributed by atoms with Crippen LogP contribution in [0.2, 0.25) is 24.7 Å². The van der Waals surface area contributed by atoms with Crippen LogP contribution in [0.4, 0.5) is 0 Å². The maximum Gasteiger partial charge on any atom is 0.231 e. The molecule has 1 N–H and O–H groups in total. The van der Waals surface area contributed by atoms with Crippen LogP contribution in [0.3, 0.4) is 0 Å². The van der Waals surface area contributed by atoms with Crippen molar-refractivity contribution in [3.8, 4) is 0 Å². The fourth-order valence-electron chi connectivity index (χ4n) is 5.83. The Morgan fingerprint density at radius 2 is 1.85 bits per heavy atom. The Bertz CT molecular complexity index is 1020. The number of nitrogens with one attached hydrogen (secondary N) is 1. The summed E-state index contributed by atoms with van der Waals surface area (Å²) in [6.07, 6.45) is 3.70. The van der Waals surface area contributed by atoms with Crippen LogP contribution >= 0.6 is 0 Å². The predicted molar refractivity (Wildman–Crippen MR) is 139 cm³/mol. The Hall–Kier alpha value is -2.25. The maximum absolute atomic E-state index is 13.9. The lowest BCUT2D eigenvalue weighted by Gasteiger charge is -2.49. The number of carbonyl (C=O) groups is 2. The van der Waals surface area contributed by atoms with Gasteiger partial charge in [-0.2, -0.15) is 0 Å². The molecule has 7 heteroatoms. The third kappa shape index (κ3) is 4.07. The van der Waals surface area contributed by atoms with Crippen LogP contribution in [-0.2, 0) is 14.3 Å². The highest BCUT2D eigenvalue weighted by molar-refractivity contribution is 6.82. The number of amides is 2. The van der Waals surface area contributed by atoms with Crippen molar-refractivity contribution >= 4 is 25.7 Å². The Labute approximate surface area is 204 Å². The van der Waals surface area contributed by atoms with Crippen molar-refractivity contribution in [2.45, 2.75) is 75.7 Å². The average molecular weight is 482 g/mol. The van der Waals surface area contributed by atoms with Crippen molar-refractivity contribution in [2.75, 3.05) is 26.8 Å². The highest BCUT2D eigenvalue weighted by Crippen LogP contribution is 2.55. The summed E-state index contributed by atoms with van der Waals surface area (Å²) in [4.78, 5) is 34.0. The summed E-state index contributed by atoms with van der Waals surface area (Å²) in [6, 6.07) is 9.96. The van der Waals surface area contributed by atoms with E-state index in [9.17, 15) is 9.59 Å². The summed E-state index contributed by atoms with van der Waals surface area (Å²) in [7, 11) is -0.00735. The quantitative estimate of drug-likeness (QED) is 0.582. The van der Waals surface area contributed by atoms with E-state index in [2.05, 4.69) is 38.8 Å². The van der Waals surface area contributed by atoms with Crippen LogP contribution in [0.15, 0.2) is 46.5 Å². The second-order valence-corrected chi connectivity index (χ2v) is 16.9. The Kier molecular flexibility index (Phi) is 6.64. The van der Waals surface area contributed by atoms with Gasteiger partial charge in [-0.3, -0.25) is 14.6 Å². The average Bonchev–Trinajstić information content (AvgIpc) is 3.25. The molecule has 2 heterocycles. The predicted octanol–water partition coefficient (Wildman–Crippen LogP) is 4.51. The van der Waals surface area contributed by atoms with E-state index in [-0.39, 0.29) is 22.8 Å². The van der Waals surface area contributed by atoms with Crippen LogP contribution < -0.4 is 5.32 Å². The second-order valence-electron chi connectivity index (χ2n) is 11.5. The first-order valence-electron chi connectivity index (χ1n) is 12.5. The number of hydrogen-bond donors (Lipinski definition) is 1. The van der Waals surface area contributed by atoms with Crippen molar-refractivity contribution in [1.82, 2.24) is 10.2 Å². The van der Waals surface area contributed by atoms with Gasteiger partial charge in [-0.15, -0.1) is 0 Å². The summed E-state index contributed by atoms with van der Waals surface area (Å²) >= 11 is 0. The third-order valence-electron chi connectivity index (χ3n) is 8.46. The molecule has 0 saturated heterocycles. The summed E-state index contributed by atoms with van der Waals surface area (Å²) in [5, 5.41) is 3.01. The van der Waals surface area contributed by atoms with E-state index >= 15 is 0 Å². The molecule has 2 aliphatic heterocycles. The molecule has 1 atom stereocenters. The number of carbonyl (C=O) groups excluding carboxylic acids is 2. The van der Waals surface area contributed by atoms with Crippen LogP contribution in [0.1, 0.15) is 51.0 Å². The van der Waals surface area contributed by atoms with Gasteiger partial charge in [0.15, 0.2) is 0 Å². The summed E-state index contributed by atoms with van der Waals surface area (Å²) < 4.78 is 5.32. The molecule has 1 saturated carbocycles. The number of rotatable bonds is 7. The van der Waals surface area contributed by atoms with Gasteiger partial charge in [0, 0.05) is 24.3 Å². The van der Waals surface area contributed by atoms with Gasteiger partial charge in [0.1, 0.15) is 5.84 Å². The van der Waals surface area contributed by atoms with Crippen molar-refractivity contribution in [3.63, 3.8) is 0 Å². The lowest BCUT2D eigenvalue weighted by Crippen LogP contribution is -2.55. The summed E-state index contributed by atoms with van der Waals surface area (Å²) in [6.45, 7) is 12.6. The Morgan fingerprint density at radius 1 is 1.18 bits per heavy atom. The van der Waals surface area contributed by atoms with Gasteiger partial charge in [-0.25, -0.2) is 0 Å². The molecule has 1 fully saturated rings. The Morgan fingerprint density at radius 3 is 2.41 bits per heavy atom.